The molecule has 0 amide bonds. The average Bonchev–Trinajstić information content (AvgIpc) is 1.98. The molecule has 82 valence electrons. The third kappa shape index (κ3) is 22.4. The number of carbonyl (C=O) groups excluding carboxylic acids is 2. The molecule has 0 saturated heterocycles. The summed E-state index contributed by atoms with van der Waals surface area (Å²) in [5.41, 5.74) is 0. The summed E-state index contributed by atoms with van der Waals surface area (Å²) in [4.78, 5) is 29.4. The second-order valence-electron chi connectivity index (χ2n) is 2.21. The molecular weight excluding hydrogens is 192 g/mol. The average molecular weight is 206 g/mol. The smallest absolute Gasteiger partial charge is 0.481 e. The largest absolute Gasteiger partial charge is 0.516 e. The van der Waals surface area contributed by atoms with Crippen molar-refractivity contribution in [3.63, 3.8) is 0 Å². The number of aliphatic carboxylic acids is 1. The molecule has 0 heterocycles. The molecule has 6 nitrogen and oxygen atoms in total. The molecule has 0 fully saturated rings. The van der Waals surface area contributed by atoms with Crippen molar-refractivity contribution >= 4 is 18.1 Å². The van der Waals surface area contributed by atoms with Crippen LogP contribution in [0.2, 0.25) is 0 Å². The number of carboxylic acids is 1. The van der Waals surface area contributed by atoms with Crippen LogP contribution in [0.15, 0.2) is 0 Å². The van der Waals surface area contributed by atoms with Crippen LogP contribution in [0.4, 0.5) is 4.79 Å². The molecule has 0 atom stereocenters. The third-order valence-electron chi connectivity index (χ3n) is 0.651. The van der Waals surface area contributed by atoms with Gasteiger partial charge in [0.05, 0.1) is 6.61 Å². The van der Waals surface area contributed by atoms with Crippen LogP contribution >= 0.6 is 0 Å². The lowest BCUT2D eigenvalue weighted by molar-refractivity contribution is -0.137. The number of hydrogen-bond donors (Lipinski definition) is 1. The van der Waals surface area contributed by atoms with Crippen LogP contribution in [0.25, 0.3) is 0 Å². The number of rotatable bonds is 2. The van der Waals surface area contributed by atoms with Crippen molar-refractivity contribution in [3.8, 4) is 0 Å². The number of carbonyl (C=O) groups is 3. The lowest BCUT2D eigenvalue weighted by atomic mass is 10.5. The van der Waals surface area contributed by atoms with Crippen molar-refractivity contribution in [3.05, 3.63) is 0 Å². The van der Waals surface area contributed by atoms with Gasteiger partial charge in [0.1, 0.15) is 0 Å². The maximum atomic E-state index is 10.3. The molecule has 0 radical (unpaired) electrons. The Morgan fingerprint density at radius 2 is 1.64 bits per heavy atom. The van der Waals surface area contributed by atoms with Gasteiger partial charge in [-0.25, -0.2) is 4.79 Å². The van der Waals surface area contributed by atoms with Crippen molar-refractivity contribution in [1.82, 2.24) is 0 Å². The second-order valence-corrected chi connectivity index (χ2v) is 2.21. The quantitative estimate of drug-likeness (QED) is 0.539. The molecule has 14 heavy (non-hydrogen) atoms. The molecule has 0 unspecified atom stereocenters. The predicted octanol–water partition coefficient (Wildman–Crippen LogP) is 1.19. The third-order valence-corrected chi connectivity index (χ3v) is 0.651. The Labute approximate surface area is 81.8 Å². The molecule has 0 aromatic heterocycles. The van der Waals surface area contributed by atoms with Crippen LogP contribution in [-0.2, 0) is 19.1 Å². The Morgan fingerprint density at radius 1 is 1.21 bits per heavy atom. The predicted molar refractivity (Wildman–Crippen MR) is 46.7 cm³/mol. The van der Waals surface area contributed by atoms with Crippen molar-refractivity contribution in [2.24, 2.45) is 0 Å². The fraction of sp³-hybridized carbons (Fsp3) is 0.625. The molecule has 6 heteroatoms. The first-order chi connectivity index (χ1) is 6.40. The lowest BCUT2D eigenvalue weighted by Crippen LogP contribution is -2.11. The summed E-state index contributed by atoms with van der Waals surface area (Å²) in [5.74, 6) is -1.49. The van der Waals surface area contributed by atoms with Crippen molar-refractivity contribution in [2.45, 2.75) is 27.2 Å². The van der Waals surface area contributed by atoms with Gasteiger partial charge in [-0.1, -0.05) is 6.92 Å². The van der Waals surface area contributed by atoms with E-state index < -0.39 is 18.1 Å². The van der Waals surface area contributed by atoms with Crippen molar-refractivity contribution in [2.75, 3.05) is 6.61 Å². The van der Waals surface area contributed by atoms with E-state index in [1.807, 2.05) is 6.92 Å². The van der Waals surface area contributed by atoms with Gasteiger partial charge < -0.3 is 14.6 Å². The molecule has 0 bridgehead atoms. The molecule has 0 saturated carbocycles. The molecule has 0 aromatic carbocycles. The fourth-order valence-electron chi connectivity index (χ4n) is 0.332. The van der Waals surface area contributed by atoms with Crippen molar-refractivity contribution < 1.29 is 29.0 Å². The van der Waals surface area contributed by atoms with Crippen LogP contribution in [0.1, 0.15) is 27.2 Å². The van der Waals surface area contributed by atoms with E-state index in [4.69, 9.17) is 9.90 Å². The highest BCUT2D eigenvalue weighted by Gasteiger charge is 2.04. The van der Waals surface area contributed by atoms with Crippen LogP contribution in [-0.4, -0.2) is 29.8 Å². The molecule has 1 N–H and O–H groups in total. The highest BCUT2D eigenvalue weighted by Crippen LogP contribution is 1.87. The fourth-order valence-corrected chi connectivity index (χ4v) is 0.332. The van der Waals surface area contributed by atoms with E-state index in [1.54, 1.807) is 0 Å². The first-order valence-corrected chi connectivity index (χ1v) is 3.94. The SMILES string of the molecule is CC(=O)O.CCCOC(=O)OC(C)=O. The maximum Gasteiger partial charge on any atom is 0.516 e. The Hall–Kier alpha value is -1.59. The molecule has 0 aliphatic heterocycles. The number of hydrogen-bond acceptors (Lipinski definition) is 5. The molecule has 0 rings (SSSR count). The Kier molecular flexibility index (Phi) is 10.1. The second kappa shape index (κ2) is 9.50. The summed E-state index contributed by atoms with van der Waals surface area (Å²) in [5, 5.41) is 7.42. The zero-order chi connectivity index (χ0) is 11.6. The highest BCUT2D eigenvalue weighted by molar-refractivity contribution is 5.79. The first kappa shape index (κ1) is 14.9. The standard InChI is InChI=1S/C6H10O4.C2H4O2/c1-3-4-9-6(8)10-5(2)7;1-2(3)4/h3-4H2,1-2H3;1H3,(H,3,4). The minimum atomic E-state index is -0.922. The van der Waals surface area contributed by atoms with Gasteiger partial charge >= 0.3 is 12.1 Å². The zero-order valence-electron chi connectivity index (χ0n) is 8.40. The molecule has 0 aromatic rings. The zero-order valence-corrected chi connectivity index (χ0v) is 8.40. The Balaban J connectivity index is 0. The summed E-state index contributed by atoms with van der Waals surface area (Å²) in [6, 6.07) is 0. The summed E-state index contributed by atoms with van der Waals surface area (Å²) in [6.45, 7) is 4.36. The highest BCUT2D eigenvalue weighted by atomic mass is 16.7. The van der Waals surface area contributed by atoms with Gasteiger partial charge in [0.25, 0.3) is 5.97 Å². The van der Waals surface area contributed by atoms with Gasteiger partial charge in [-0.2, -0.15) is 0 Å². The van der Waals surface area contributed by atoms with E-state index in [0.717, 1.165) is 13.8 Å². The van der Waals surface area contributed by atoms with E-state index >= 15 is 0 Å². The first-order valence-electron chi connectivity index (χ1n) is 3.94. The minimum absolute atomic E-state index is 0.284. The summed E-state index contributed by atoms with van der Waals surface area (Å²) >= 11 is 0. The van der Waals surface area contributed by atoms with Crippen LogP contribution in [0.3, 0.4) is 0 Å². The Bertz CT molecular complexity index is 194. The monoisotopic (exact) mass is 206 g/mol. The number of carboxylic acid groups (broad SMARTS) is 1. The van der Waals surface area contributed by atoms with E-state index in [-0.39, 0.29) is 6.61 Å². The van der Waals surface area contributed by atoms with E-state index in [0.29, 0.717) is 6.42 Å². The number of esters is 1. The maximum absolute atomic E-state index is 10.3. The van der Waals surface area contributed by atoms with E-state index in [2.05, 4.69) is 9.47 Å². The van der Waals surface area contributed by atoms with Gasteiger partial charge in [0.2, 0.25) is 0 Å². The van der Waals surface area contributed by atoms with E-state index in [9.17, 15) is 9.59 Å². The van der Waals surface area contributed by atoms with Crippen molar-refractivity contribution in [1.29, 1.82) is 0 Å². The molecular formula is C8H14O6. The van der Waals surface area contributed by atoms with E-state index in [1.165, 1.54) is 0 Å². The molecule has 0 aliphatic rings. The van der Waals surface area contributed by atoms with Gasteiger partial charge in [-0.05, 0) is 6.42 Å². The minimum Gasteiger partial charge on any atom is -0.481 e. The molecule has 0 aliphatic carbocycles. The van der Waals surface area contributed by atoms with Crippen LogP contribution < -0.4 is 0 Å². The van der Waals surface area contributed by atoms with Crippen LogP contribution in [0, 0.1) is 0 Å². The van der Waals surface area contributed by atoms with Crippen LogP contribution in [0.5, 0.6) is 0 Å². The summed E-state index contributed by atoms with van der Waals surface area (Å²) in [6.07, 6.45) is -0.207. The number of ether oxygens (including phenoxy) is 2. The topological polar surface area (TPSA) is 89.9 Å². The van der Waals surface area contributed by atoms with Gasteiger partial charge in [0.15, 0.2) is 0 Å². The summed E-state index contributed by atoms with van der Waals surface area (Å²) < 4.78 is 8.47. The van der Waals surface area contributed by atoms with Gasteiger partial charge in [0, 0.05) is 13.8 Å². The van der Waals surface area contributed by atoms with Gasteiger partial charge in [-0.15, -0.1) is 0 Å². The normalized spacial score (nSPS) is 7.93. The van der Waals surface area contributed by atoms with Gasteiger partial charge in [-0.3, -0.25) is 9.59 Å². The molecule has 0 spiro atoms. The summed E-state index contributed by atoms with van der Waals surface area (Å²) in [7, 11) is 0. The Morgan fingerprint density at radius 3 is 1.93 bits per heavy atom. The lowest BCUT2D eigenvalue weighted by Gasteiger charge is -1.99.